The first-order valence-corrected chi connectivity index (χ1v) is 5.69. The molecule has 0 atom stereocenters. The molecule has 1 nitrogen and oxygen atoms in total. The van der Waals surface area contributed by atoms with Gasteiger partial charge in [-0.2, -0.15) is 0 Å². The van der Waals surface area contributed by atoms with Crippen LogP contribution in [0.3, 0.4) is 0 Å². The fourth-order valence-electron chi connectivity index (χ4n) is 1.46. The van der Waals surface area contributed by atoms with Crippen LogP contribution in [0.2, 0.25) is 0 Å². The average Bonchev–Trinajstić information content (AvgIpc) is 2.29. The van der Waals surface area contributed by atoms with Crippen molar-refractivity contribution in [3.05, 3.63) is 54.1 Å². The number of alkyl halides is 1. The number of benzene rings is 1. The maximum atomic E-state index is 13.1. The zero-order valence-corrected chi connectivity index (χ0v) is 9.54. The number of aromatic nitrogens is 1. The molecule has 3 heteroatoms. The number of hydrogen-bond acceptors (Lipinski definition) is 1. The Morgan fingerprint density at radius 2 is 2.07 bits per heavy atom. The van der Waals surface area contributed by atoms with Crippen LogP contribution in [0.15, 0.2) is 42.6 Å². The molecule has 0 aliphatic rings. The molecule has 2 aromatic rings. The van der Waals surface area contributed by atoms with Gasteiger partial charge in [-0.15, -0.1) is 0 Å². The number of nitrogens with zero attached hydrogens (tertiary/aromatic N) is 1. The van der Waals surface area contributed by atoms with E-state index in [0.717, 1.165) is 16.8 Å². The highest BCUT2D eigenvalue weighted by Gasteiger charge is 2.04. The van der Waals surface area contributed by atoms with Crippen molar-refractivity contribution in [2.75, 3.05) is 0 Å². The monoisotopic (exact) mass is 265 g/mol. The molecule has 0 bridgehead atoms. The average molecular weight is 266 g/mol. The maximum Gasteiger partial charge on any atom is 0.123 e. The zero-order chi connectivity index (χ0) is 10.7. The fraction of sp³-hybridized carbons (Fsp3) is 0.0833. The summed E-state index contributed by atoms with van der Waals surface area (Å²) in [6, 6.07) is 10.3. The molecule has 15 heavy (non-hydrogen) atoms. The van der Waals surface area contributed by atoms with Crippen molar-refractivity contribution in [2.45, 2.75) is 5.33 Å². The Hall–Kier alpha value is -1.22. The molecular weight excluding hydrogens is 257 g/mol. The largest absolute Gasteiger partial charge is 0.260 e. The molecule has 0 spiro atoms. The Morgan fingerprint density at radius 1 is 1.20 bits per heavy atom. The summed E-state index contributed by atoms with van der Waals surface area (Å²) in [6.45, 7) is 0. The second-order valence-corrected chi connectivity index (χ2v) is 3.70. The fourth-order valence-corrected chi connectivity index (χ4v) is 1.91. The van der Waals surface area contributed by atoms with Gasteiger partial charge >= 0.3 is 0 Å². The van der Waals surface area contributed by atoms with Crippen molar-refractivity contribution in [1.29, 1.82) is 0 Å². The van der Waals surface area contributed by atoms with Gasteiger partial charge in [0.1, 0.15) is 5.82 Å². The Morgan fingerprint density at radius 3 is 2.80 bits per heavy atom. The molecule has 0 aliphatic carbocycles. The van der Waals surface area contributed by atoms with E-state index >= 15 is 0 Å². The molecular formula is C12H9BrFN. The van der Waals surface area contributed by atoms with Gasteiger partial charge in [-0.3, -0.25) is 4.98 Å². The van der Waals surface area contributed by atoms with E-state index in [4.69, 9.17) is 0 Å². The Bertz CT molecular complexity index is 471. The van der Waals surface area contributed by atoms with Crippen LogP contribution in [0.1, 0.15) is 5.69 Å². The smallest absolute Gasteiger partial charge is 0.123 e. The van der Waals surface area contributed by atoms with E-state index < -0.39 is 0 Å². The lowest BCUT2D eigenvalue weighted by molar-refractivity contribution is 0.628. The van der Waals surface area contributed by atoms with Crippen molar-refractivity contribution >= 4 is 15.9 Å². The molecule has 1 aromatic carbocycles. The molecule has 0 saturated carbocycles. The Labute approximate surface area is 96.1 Å². The summed E-state index contributed by atoms with van der Waals surface area (Å²) in [5.41, 5.74) is 2.74. The van der Waals surface area contributed by atoms with Crippen LogP contribution >= 0.6 is 15.9 Å². The van der Waals surface area contributed by atoms with Crippen molar-refractivity contribution in [3.8, 4) is 11.1 Å². The normalized spacial score (nSPS) is 10.3. The quantitative estimate of drug-likeness (QED) is 0.754. The third kappa shape index (κ3) is 2.23. The second kappa shape index (κ2) is 4.53. The van der Waals surface area contributed by atoms with Gasteiger partial charge in [0.15, 0.2) is 0 Å². The van der Waals surface area contributed by atoms with Crippen LogP contribution in [-0.4, -0.2) is 4.98 Å². The standard InChI is InChI=1S/C12H9BrFN/c13-8-12-11(5-2-6-15-12)9-3-1-4-10(14)7-9/h1-7H,8H2. The van der Waals surface area contributed by atoms with E-state index in [0.29, 0.717) is 5.33 Å². The molecule has 2 rings (SSSR count). The Kier molecular flexibility index (Phi) is 3.11. The molecule has 0 fully saturated rings. The maximum absolute atomic E-state index is 13.1. The van der Waals surface area contributed by atoms with Gasteiger partial charge in [0.2, 0.25) is 0 Å². The van der Waals surface area contributed by atoms with Crippen LogP contribution < -0.4 is 0 Å². The number of rotatable bonds is 2. The van der Waals surface area contributed by atoms with Gasteiger partial charge in [0.05, 0.1) is 5.69 Å². The van der Waals surface area contributed by atoms with Crippen LogP contribution in [0.25, 0.3) is 11.1 Å². The third-order valence-electron chi connectivity index (χ3n) is 2.15. The highest BCUT2D eigenvalue weighted by atomic mass is 79.9. The van der Waals surface area contributed by atoms with Gasteiger partial charge in [0, 0.05) is 17.1 Å². The minimum absolute atomic E-state index is 0.225. The van der Waals surface area contributed by atoms with Gasteiger partial charge in [-0.05, 0) is 23.8 Å². The number of hydrogen-bond donors (Lipinski definition) is 0. The number of halogens is 2. The molecule has 0 N–H and O–H groups in total. The van der Waals surface area contributed by atoms with Crippen molar-refractivity contribution in [3.63, 3.8) is 0 Å². The summed E-state index contributed by atoms with van der Waals surface area (Å²) in [5, 5.41) is 0.666. The molecule has 0 amide bonds. The van der Waals surface area contributed by atoms with Crippen molar-refractivity contribution in [1.82, 2.24) is 4.98 Å². The molecule has 0 radical (unpaired) electrons. The summed E-state index contributed by atoms with van der Waals surface area (Å²) >= 11 is 3.37. The number of pyridine rings is 1. The summed E-state index contributed by atoms with van der Waals surface area (Å²) in [4.78, 5) is 4.23. The molecule has 0 saturated heterocycles. The van der Waals surface area contributed by atoms with E-state index in [2.05, 4.69) is 20.9 Å². The lowest BCUT2D eigenvalue weighted by atomic mass is 10.0. The summed E-state index contributed by atoms with van der Waals surface area (Å²) in [6.07, 6.45) is 1.74. The summed E-state index contributed by atoms with van der Waals surface area (Å²) in [7, 11) is 0. The van der Waals surface area contributed by atoms with Gasteiger partial charge in [0.25, 0.3) is 0 Å². The van der Waals surface area contributed by atoms with E-state index in [1.165, 1.54) is 12.1 Å². The van der Waals surface area contributed by atoms with Gasteiger partial charge in [-0.1, -0.05) is 34.1 Å². The predicted octanol–water partition coefficient (Wildman–Crippen LogP) is 3.78. The molecule has 0 unspecified atom stereocenters. The highest BCUT2D eigenvalue weighted by molar-refractivity contribution is 9.08. The van der Waals surface area contributed by atoms with E-state index in [9.17, 15) is 4.39 Å². The van der Waals surface area contributed by atoms with Crippen LogP contribution in [0.5, 0.6) is 0 Å². The first-order valence-electron chi connectivity index (χ1n) is 4.57. The Balaban J connectivity index is 2.53. The minimum Gasteiger partial charge on any atom is -0.260 e. The van der Waals surface area contributed by atoms with E-state index in [1.54, 1.807) is 12.3 Å². The summed E-state index contributed by atoms with van der Waals surface area (Å²) < 4.78 is 13.1. The first kappa shape index (κ1) is 10.3. The second-order valence-electron chi connectivity index (χ2n) is 3.14. The summed E-state index contributed by atoms with van der Waals surface area (Å²) in [5.74, 6) is -0.225. The van der Waals surface area contributed by atoms with Gasteiger partial charge < -0.3 is 0 Å². The van der Waals surface area contributed by atoms with Gasteiger partial charge in [-0.25, -0.2) is 4.39 Å². The molecule has 1 aromatic heterocycles. The third-order valence-corrected chi connectivity index (χ3v) is 2.68. The highest BCUT2D eigenvalue weighted by Crippen LogP contribution is 2.24. The minimum atomic E-state index is -0.225. The van der Waals surface area contributed by atoms with Crippen LogP contribution in [0.4, 0.5) is 4.39 Å². The predicted molar refractivity (Wildman–Crippen MR) is 62.3 cm³/mol. The van der Waals surface area contributed by atoms with Crippen LogP contribution in [-0.2, 0) is 5.33 Å². The zero-order valence-electron chi connectivity index (χ0n) is 7.95. The van der Waals surface area contributed by atoms with Crippen LogP contribution in [0, 0.1) is 5.82 Å². The lowest BCUT2D eigenvalue weighted by Gasteiger charge is -2.05. The lowest BCUT2D eigenvalue weighted by Crippen LogP contribution is -1.90. The molecule has 1 heterocycles. The van der Waals surface area contributed by atoms with E-state index in [1.807, 2.05) is 18.2 Å². The topological polar surface area (TPSA) is 12.9 Å². The van der Waals surface area contributed by atoms with Crippen molar-refractivity contribution < 1.29 is 4.39 Å². The van der Waals surface area contributed by atoms with E-state index in [-0.39, 0.29) is 5.82 Å². The molecule has 0 aliphatic heterocycles. The first-order chi connectivity index (χ1) is 7.31. The molecule has 76 valence electrons. The van der Waals surface area contributed by atoms with Crippen molar-refractivity contribution in [2.24, 2.45) is 0 Å². The SMILES string of the molecule is Fc1cccc(-c2cccnc2CBr)c1.